The Bertz CT molecular complexity index is 146. The lowest BCUT2D eigenvalue weighted by atomic mass is 10.1. The zero-order chi connectivity index (χ0) is 13.5. The molecule has 19 heavy (non-hydrogen) atoms. The van der Waals surface area contributed by atoms with Crippen LogP contribution in [0.1, 0.15) is 91.4 Å². The maximum Gasteiger partial charge on any atom is -0.00190 e. The fourth-order valence-electron chi connectivity index (χ4n) is 2.54. The van der Waals surface area contributed by atoms with Crippen LogP contribution in [0.15, 0.2) is 0 Å². The molecule has 0 amide bonds. The molecule has 0 aliphatic rings. The molecule has 0 aromatic rings. The van der Waals surface area contributed by atoms with Gasteiger partial charge in [0.15, 0.2) is 0 Å². The van der Waals surface area contributed by atoms with E-state index >= 15 is 0 Å². The van der Waals surface area contributed by atoms with Gasteiger partial charge in [-0.25, -0.2) is 0 Å². The molecule has 0 aliphatic heterocycles. The zero-order valence-corrected chi connectivity index (χ0v) is 15.5. The standard InChI is InChI=1S/C17H37N.BrH/c1-4-7-8-9-10-11-12-13-14-15-16-17-18(5-2)6-3;/h4-17H2,1-3H3;1H. The van der Waals surface area contributed by atoms with E-state index in [9.17, 15) is 0 Å². The summed E-state index contributed by atoms with van der Waals surface area (Å²) in [7, 11) is 0. The van der Waals surface area contributed by atoms with Crippen molar-refractivity contribution in [3.63, 3.8) is 0 Å². The molecule has 0 spiro atoms. The molecule has 0 saturated heterocycles. The van der Waals surface area contributed by atoms with Crippen molar-refractivity contribution in [3.8, 4) is 0 Å². The predicted octanol–water partition coefficient (Wildman–Crippen LogP) is 6.22. The van der Waals surface area contributed by atoms with E-state index in [1.807, 2.05) is 0 Å². The van der Waals surface area contributed by atoms with Crippen LogP contribution < -0.4 is 0 Å². The zero-order valence-electron chi connectivity index (χ0n) is 13.8. The van der Waals surface area contributed by atoms with Crippen LogP contribution >= 0.6 is 17.0 Å². The highest BCUT2D eigenvalue weighted by molar-refractivity contribution is 8.93. The summed E-state index contributed by atoms with van der Waals surface area (Å²) in [4.78, 5) is 2.54. The Balaban J connectivity index is 0. The second-order valence-electron chi connectivity index (χ2n) is 5.56. The van der Waals surface area contributed by atoms with Gasteiger partial charge in [0.2, 0.25) is 0 Å². The highest BCUT2D eigenvalue weighted by Gasteiger charge is 1.98. The van der Waals surface area contributed by atoms with Crippen molar-refractivity contribution < 1.29 is 0 Å². The first kappa shape index (κ1) is 21.7. The monoisotopic (exact) mass is 335 g/mol. The Hall–Kier alpha value is 0.440. The summed E-state index contributed by atoms with van der Waals surface area (Å²) in [5.74, 6) is 0. The lowest BCUT2D eigenvalue weighted by Crippen LogP contribution is -2.23. The molecule has 0 atom stereocenters. The van der Waals surface area contributed by atoms with Crippen LogP contribution in [0.25, 0.3) is 0 Å². The molecule has 1 nitrogen and oxygen atoms in total. The second-order valence-corrected chi connectivity index (χ2v) is 5.56. The molecular formula is C17H38BrN. The lowest BCUT2D eigenvalue weighted by Gasteiger charge is -2.17. The Morgan fingerprint density at radius 1 is 0.526 bits per heavy atom. The average molecular weight is 336 g/mol. The van der Waals surface area contributed by atoms with Gasteiger partial charge in [-0.3, -0.25) is 0 Å². The molecule has 0 N–H and O–H groups in total. The first-order chi connectivity index (χ1) is 8.85. The lowest BCUT2D eigenvalue weighted by molar-refractivity contribution is 0.295. The van der Waals surface area contributed by atoms with Crippen molar-refractivity contribution >= 4 is 17.0 Å². The van der Waals surface area contributed by atoms with Gasteiger partial charge in [0.25, 0.3) is 0 Å². The molecule has 0 saturated carbocycles. The maximum absolute atomic E-state index is 2.54. The molecule has 0 heterocycles. The third kappa shape index (κ3) is 16.4. The molecule has 0 aromatic carbocycles. The molecule has 0 bridgehead atoms. The van der Waals surface area contributed by atoms with Gasteiger partial charge >= 0.3 is 0 Å². The van der Waals surface area contributed by atoms with Gasteiger partial charge in [-0.1, -0.05) is 85.0 Å². The van der Waals surface area contributed by atoms with Crippen molar-refractivity contribution in [2.45, 2.75) is 91.4 Å². The summed E-state index contributed by atoms with van der Waals surface area (Å²) >= 11 is 0. The average Bonchev–Trinajstić information content (AvgIpc) is 2.40. The highest BCUT2D eigenvalue weighted by atomic mass is 79.9. The number of hydrogen-bond acceptors (Lipinski definition) is 1. The van der Waals surface area contributed by atoms with Crippen LogP contribution in [0.4, 0.5) is 0 Å². The van der Waals surface area contributed by atoms with Crippen LogP contribution in [-0.2, 0) is 0 Å². The van der Waals surface area contributed by atoms with Gasteiger partial charge in [-0.15, -0.1) is 17.0 Å². The van der Waals surface area contributed by atoms with E-state index in [0.717, 1.165) is 0 Å². The van der Waals surface area contributed by atoms with Crippen molar-refractivity contribution in [3.05, 3.63) is 0 Å². The summed E-state index contributed by atoms with van der Waals surface area (Å²) < 4.78 is 0. The minimum atomic E-state index is 0. The van der Waals surface area contributed by atoms with Crippen LogP contribution in [0.3, 0.4) is 0 Å². The second kappa shape index (κ2) is 18.4. The first-order valence-corrected chi connectivity index (χ1v) is 8.57. The SMILES string of the molecule is Br.CCCCCCCCCCCCCN(CC)CC. The topological polar surface area (TPSA) is 3.24 Å². The number of rotatable bonds is 14. The summed E-state index contributed by atoms with van der Waals surface area (Å²) in [6, 6.07) is 0. The molecule has 0 unspecified atom stereocenters. The van der Waals surface area contributed by atoms with Gasteiger partial charge in [-0.2, -0.15) is 0 Å². The van der Waals surface area contributed by atoms with E-state index in [0.29, 0.717) is 0 Å². The summed E-state index contributed by atoms with van der Waals surface area (Å²) in [6.07, 6.45) is 15.9. The van der Waals surface area contributed by atoms with Crippen molar-refractivity contribution in [2.24, 2.45) is 0 Å². The van der Waals surface area contributed by atoms with Gasteiger partial charge < -0.3 is 4.90 Å². The first-order valence-electron chi connectivity index (χ1n) is 8.57. The maximum atomic E-state index is 2.54. The largest absolute Gasteiger partial charge is 0.304 e. The molecule has 0 radical (unpaired) electrons. The number of hydrogen-bond donors (Lipinski definition) is 0. The molecule has 0 rings (SSSR count). The minimum absolute atomic E-state index is 0. The molecule has 2 heteroatoms. The number of unbranched alkanes of at least 4 members (excludes halogenated alkanes) is 10. The Morgan fingerprint density at radius 2 is 0.895 bits per heavy atom. The summed E-state index contributed by atoms with van der Waals surface area (Å²) in [5.41, 5.74) is 0. The Kier molecular flexibility index (Phi) is 21.1. The molecule has 0 aromatic heterocycles. The van der Waals surface area contributed by atoms with E-state index in [1.54, 1.807) is 0 Å². The molecule has 0 fully saturated rings. The van der Waals surface area contributed by atoms with Crippen LogP contribution in [0.5, 0.6) is 0 Å². The normalized spacial score (nSPS) is 10.7. The fourth-order valence-corrected chi connectivity index (χ4v) is 2.54. The minimum Gasteiger partial charge on any atom is -0.304 e. The highest BCUT2D eigenvalue weighted by Crippen LogP contribution is 2.11. The summed E-state index contributed by atoms with van der Waals surface area (Å²) in [5, 5.41) is 0. The van der Waals surface area contributed by atoms with Crippen molar-refractivity contribution in [2.75, 3.05) is 19.6 Å². The van der Waals surface area contributed by atoms with Gasteiger partial charge in [-0.05, 0) is 26.1 Å². The van der Waals surface area contributed by atoms with E-state index in [-0.39, 0.29) is 17.0 Å². The van der Waals surface area contributed by atoms with E-state index in [4.69, 9.17) is 0 Å². The summed E-state index contributed by atoms with van der Waals surface area (Å²) in [6.45, 7) is 10.6. The fraction of sp³-hybridized carbons (Fsp3) is 1.00. The number of halogens is 1. The van der Waals surface area contributed by atoms with Crippen LogP contribution in [0, 0.1) is 0 Å². The van der Waals surface area contributed by atoms with Gasteiger partial charge in [0.1, 0.15) is 0 Å². The van der Waals surface area contributed by atoms with E-state index in [1.165, 1.54) is 90.3 Å². The van der Waals surface area contributed by atoms with Crippen molar-refractivity contribution in [1.82, 2.24) is 4.90 Å². The predicted molar refractivity (Wildman–Crippen MR) is 94.6 cm³/mol. The number of nitrogens with zero attached hydrogens (tertiary/aromatic N) is 1. The third-order valence-corrected chi connectivity index (χ3v) is 3.97. The quantitative estimate of drug-likeness (QED) is 0.341. The van der Waals surface area contributed by atoms with E-state index in [2.05, 4.69) is 25.7 Å². The Morgan fingerprint density at radius 3 is 1.26 bits per heavy atom. The van der Waals surface area contributed by atoms with Gasteiger partial charge in [0, 0.05) is 0 Å². The van der Waals surface area contributed by atoms with Gasteiger partial charge in [0.05, 0.1) is 0 Å². The molecule has 0 aliphatic carbocycles. The van der Waals surface area contributed by atoms with Crippen LogP contribution in [-0.4, -0.2) is 24.5 Å². The Labute approximate surface area is 133 Å². The smallest absolute Gasteiger partial charge is 0.00190 e. The molecule has 118 valence electrons. The van der Waals surface area contributed by atoms with Crippen molar-refractivity contribution in [1.29, 1.82) is 0 Å². The van der Waals surface area contributed by atoms with Crippen LogP contribution in [0.2, 0.25) is 0 Å². The molecular weight excluding hydrogens is 298 g/mol. The third-order valence-electron chi connectivity index (χ3n) is 3.97. The van der Waals surface area contributed by atoms with E-state index < -0.39 is 0 Å².